The van der Waals surface area contributed by atoms with Crippen molar-refractivity contribution in [3.8, 4) is 0 Å². The van der Waals surface area contributed by atoms with E-state index in [0.717, 1.165) is 43.6 Å². The molecule has 1 fully saturated rings. The van der Waals surface area contributed by atoms with Gasteiger partial charge >= 0.3 is 0 Å². The zero-order chi connectivity index (χ0) is 11.1. The Morgan fingerprint density at radius 2 is 2.00 bits per heavy atom. The predicted molar refractivity (Wildman–Crippen MR) is 67.2 cm³/mol. The van der Waals surface area contributed by atoms with Crippen LogP contribution in [0.1, 0.15) is 45.4 Å². The molecule has 0 aromatic carbocycles. The summed E-state index contributed by atoms with van der Waals surface area (Å²) in [5.74, 6) is 1.22. The number of amides is 1. The number of unbranched alkanes of at least 4 members (excludes halogenated alkanes) is 1. The van der Waals surface area contributed by atoms with E-state index in [9.17, 15) is 4.79 Å². The van der Waals surface area contributed by atoms with Crippen molar-refractivity contribution in [3.05, 3.63) is 0 Å². The third kappa shape index (κ3) is 4.54. The molecule has 0 spiro atoms. The fourth-order valence-corrected chi connectivity index (χ4v) is 2.52. The Kier molecular flexibility index (Phi) is 6.30. The summed E-state index contributed by atoms with van der Waals surface area (Å²) in [7, 11) is 0. The standard InChI is InChI=1S/C12H22BrNO/c1-2-11-6-9-14(10-7-11)12(15)5-3-4-8-13/h11H,2-10H2,1H3. The van der Waals surface area contributed by atoms with Gasteiger partial charge in [-0.25, -0.2) is 0 Å². The number of carbonyl (C=O) groups excluding carboxylic acids is 1. The lowest BCUT2D eigenvalue weighted by atomic mass is 9.94. The van der Waals surface area contributed by atoms with E-state index in [1.165, 1.54) is 19.3 Å². The molecular formula is C12H22BrNO. The summed E-state index contributed by atoms with van der Waals surface area (Å²) in [6.45, 7) is 4.23. The molecule has 0 bridgehead atoms. The predicted octanol–water partition coefficient (Wildman–Crippen LogP) is 3.20. The monoisotopic (exact) mass is 275 g/mol. The second kappa shape index (κ2) is 7.26. The molecule has 1 aliphatic rings. The van der Waals surface area contributed by atoms with Crippen LogP contribution in [0.4, 0.5) is 0 Å². The van der Waals surface area contributed by atoms with Crippen molar-refractivity contribution < 1.29 is 4.79 Å². The zero-order valence-electron chi connectivity index (χ0n) is 9.67. The molecule has 0 N–H and O–H groups in total. The van der Waals surface area contributed by atoms with Gasteiger partial charge in [-0.2, -0.15) is 0 Å². The van der Waals surface area contributed by atoms with E-state index in [4.69, 9.17) is 0 Å². The second-order valence-electron chi connectivity index (χ2n) is 4.38. The molecule has 0 unspecified atom stereocenters. The number of carbonyl (C=O) groups is 1. The van der Waals surface area contributed by atoms with Crippen LogP contribution in [0.25, 0.3) is 0 Å². The lowest BCUT2D eigenvalue weighted by Crippen LogP contribution is -2.38. The maximum Gasteiger partial charge on any atom is 0.222 e. The Labute approximate surface area is 102 Å². The summed E-state index contributed by atoms with van der Waals surface area (Å²) in [6.07, 6.45) is 6.56. The second-order valence-corrected chi connectivity index (χ2v) is 5.17. The molecule has 0 aromatic rings. The van der Waals surface area contributed by atoms with Crippen LogP contribution in [0.5, 0.6) is 0 Å². The van der Waals surface area contributed by atoms with Gasteiger partial charge in [-0.05, 0) is 31.6 Å². The Hall–Kier alpha value is -0.0500. The van der Waals surface area contributed by atoms with E-state index < -0.39 is 0 Å². The normalized spacial score (nSPS) is 18.1. The minimum atomic E-state index is 0.366. The first-order valence-electron chi connectivity index (χ1n) is 6.11. The molecule has 0 atom stereocenters. The third-order valence-corrected chi connectivity index (χ3v) is 3.88. The van der Waals surface area contributed by atoms with Crippen LogP contribution in [0.2, 0.25) is 0 Å². The Bertz CT molecular complexity index is 188. The van der Waals surface area contributed by atoms with E-state index in [0.29, 0.717) is 5.91 Å². The first kappa shape index (κ1) is 13.0. The molecule has 0 aromatic heterocycles. The van der Waals surface area contributed by atoms with Crippen molar-refractivity contribution in [2.75, 3.05) is 18.4 Å². The van der Waals surface area contributed by atoms with Crippen LogP contribution in [0.15, 0.2) is 0 Å². The van der Waals surface area contributed by atoms with E-state index in [2.05, 4.69) is 27.8 Å². The molecule has 1 heterocycles. The van der Waals surface area contributed by atoms with Crippen molar-refractivity contribution in [2.24, 2.45) is 5.92 Å². The average Bonchev–Trinajstić information content (AvgIpc) is 2.29. The van der Waals surface area contributed by atoms with Gasteiger partial charge in [-0.3, -0.25) is 4.79 Å². The average molecular weight is 276 g/mol. The molecular weight excluding hydrogens is 254 g/mol. The van der Waals surface area contributed by atoms with Crippen molar-refractivity contribution >= 4 is 21.8 Å². The first-order valence-corrected chi connectivity index (χ1v) is 7.23. The minimum absolute atomic E-state index is 0.366. The highest BCUT2D eigenvalue weighted by Gasteiger charge is 2.20. The van der Waals surface area contributed by atoms with Crippen LogP contribution in [-0.2, 0) is 4.79 Å². The van der Waals surface area contributed by atoms with Crippen LogP contribution < -0.4 is 0 Å². The summed E-state index contributed by atoms with van der Waals surface area (Å²) in [5, 5.41) is 1.01. The first-order chi connectivity index (χ1) is 7.27. The number of halogens is 1. The van der Waals surface area contributed by atoms with Gasteiger partial charge in [0.25, 0.3) is 0 Å². The highest BCUT2D eigenvalue weighted by atomic mass is 79.9. The maximum atomic E-state index is 11.8. The summed E-state index contributed by atoms with van der Waals surface area (Å²) >= 11 is 3.39. The van der Waals surface area contributed by atoms with E-state index in [1.54, 1.807) is 0 Å². The van der Waals surface area contributed by atoms with Crippen molar-refractivity contribution in [1.29, 1.82) is 0 Å². The number of hydrogen-bond donors (Lipinski definition) is 0. The summed E-state index contributed by atoms with van der Waals surface area (Å²) in [5.41, 5.74) is 0. The highest BCUT2D eigenvalue weighted by Crippen LogP contribution is 2.20. The van der Waals surface area contributed by atoms with Gasteiger partial charge in [0, 0.05) is 24.8 Å². The fourth-order valence-electron chi connectivity index (χ4n) is 2.12. The molecule has 1 amide bonds. The largest absolute Gasteiger partial charge is 0.343 e. The number of rotatable bonds is 5. The Morgan fingerprint density at radius 3 is 2.53 bits per heavy atom. The van der Waals surface area contributed by atoms with Gasteiger partial charge in [0.1, 0.15) is 0 Å². The van der Waals surface area contributed by atoms with E-state index >= 15 is 0 Å². The lowest BCUT2D eigenvalue weighted by Gasteiger charge is -2.31. The Morgan fingerprint density at radius 1 is 1.33 bits per heavy atom. The summed E-state index contributed by atoms with van der Waals surface area (Å²) in [4.78, 5) is 13.8. The number of likely N-dealkylation sites (tertiary alicyclic amines) is 1. The molecule has 2 nitrogen and oxygen atoms in total. The smallest absolute Gasteiger partial charge is 0.222 e. The van der Waals surface area contributed by atoms with Crippen molar-refractivity contribution in [3.63, 3.8) is 0 Å². The molecule has 0 saturated carbocycles. The van der Waals surface area contributed by atoms with Gasteiger partial charge in [0.2, 0.25) is 5.91 Å². The van der Waals surface area contributed by atoms with E-state index in [-0.39, 0.29) is 0 Å². The van der Waals surface area contributed by atoms with Gasteiger partial charge in [0.05, 0.1) is 0 Å². The van der Waals surface area contributed by atoms with Crippen LogP contribution in [0.3, 0.4) is 0 Å². The molecule has 88 valence electrons. The zero-order valence-corrected chi connectivity index (χ0v) is 11.3. The molecule has 0 radical (unpaired) electrons. The van der Waals surface area contributed by atoms with Gasteiger partial charge in [-0.1, -0.05) is 29.3 Å². The highest BCUT2D eigenvalue weighted by molar-refractivity contribution is 9.09. The van der Waals surface area contributed by atoms with Crippen LogP contribution >= 0.6 is 15.9 Å². The molecule has 1 saturated heterocycles. The third-order valence-electron chi connectivity index (χ3n) is 3.32. The topological polar surface area (TPSA) is 20.3 Å². The number of hydrogen-bond acceptors (Lipinski definition) is 1. The van der Waals surface area contributed by atoms with Crippen LogP contribution in [-0.4, -0.2) is 29.2 Å². The SMILES string of the molecule is CCC1CCN(C(=O)CCCCBr)CC1. The van der Waals surface area contributed by atoms with Gasteiger partial charge in [0.15, 0.2) is 0 Å². The lowest BCUT2D eigenvalue weighted by molar-refractivity contribution is -0.132. The van der Waals surface area contributed by atoms with Crippen LogP contribution in [0, 0.1) is 5.92 Å². The molecule has 1 aliphatic heterocycles. The number of alkyl halides is 1. The van der Waals surface area contributed by atoms with Crippen molar-refractivity contribution in [2.45, 2.75) is 45.4 Å². The van der Waals surface area contributed by atoms with Gasteiger partial charge < -0.3 is 4.90 Å². The van der Waals surface area contributed by atoms with E-state index in [1.807, 2.05) is 0 Å². The number of piperidine rings is 1. The molecule has 3 heteroatoms. The van der Waals surface area contributed by atoms with Crippen molar-refractivity contribution in [1.82, 2.24) is 4.90 Å². The summed E-state index contributed by atoms with van der Waals surface area (Å²) in [6, 6.07) is 0. The summed E-state index contributed by atoms with van der Waals surface area (Å²) < 4.78 is 0. The fraction of sp³-hybridized carbons (Fsp3) is 0.917. The maximum absolute atomic E-state index is 11.8. The number of nitrogens with zero attached hydrogens (tertiary/aromatic N) is 1. The molecule has 15 heavy (non-hydrogen) atoms. The molecule has 1 rings (SSSR count). The Balaban J connectivity index is 2.18. The minimum Gasteiger partial charge on any atom is -0.343 e. The molecule has 0 aliphatic carbocycles. The quantitative estimate of drug-likeness (QED) is 0.558. The van der Waals surface area contributed by atoms with Gasteiger partial charge in [-0.15, -0.1) is 0 Å².